The van der Waals surface area contributed by atoms with E-state index < -0.39 is 0 Å². The zero-order valence-electron chi connectivity index (χ0n) is 10.9. The highest BCUT2D eigenvalue weighted by molar-refractivity contribution is 7.14. The van der Waals surface area contributed by atoms with Gasteiger partial charge in [0, 0.05) is 11.9 Å². The lowest BCUT2D eigenvalue weighted by molar-refractivity contribution is 0.0994. The van der Waals surface area contributed by atoms with Crippen molar-refractivity contribution in [2.45, 2.75) is 27.2 Å². The number of hydrogen-bond acceptors (Lipinski definition) is 3. The predicted octanol–water partition coefficient (Wildman–Crippen LogP) is 3.49. The molecule has 0 radical (unpaired) electrons. The Kier molecular flexibility index (Phi) is 3.59. The molecule has 0 aliphatic rings. The summed E-state index contributed by atoms with van der Waals surface area (Å²) in [6, 6.07) is 1.94. The summed E-state index contributed by atoms with van der Waals surface area (Å²) in [7, 11) is 1.81. The van der Waals surface area contributed by atoms with Crippen LogP contribution in [0, 0.1) is 20.8 Å². The molecule has 3 nitrogen and oxygen atoms in total. The Morgan fingerprint density at radius 2 is 2.11 bits per heavy atom. The molecule has 0 aliphatic carbocycles. The van der Waals surface area contributed by atoms with Gasteiger partial charge in [-0.05, 0) is 32.4 Å². The number of aromatic nitrogens is 2. The molecule has 0 spiro atoms. The highest BCUT2D eigenvalue weighted by Gasteiger charge is 2.17. The summed E-state index contributed by atoms with van der Waals surface area (Å²) < 4.78 is 1.68. The molecule has 0 N–H and O–H groups in total. The highest BCUT2D eigenvalue weighted by Crippen LogP contribution is 2.25. The van der Waals surface area contributed by atoms with Crippen LogP contribution >= 0.6 is 22.9 Å². The second-order valence-electron chi connectivity index (χ2n) is 4.42. The molecular weight excluding hydrogens is 268 g/mol. The lowest BCUT2D eigenvalue weighted by Crippen LogP contribution is -2.07. The maximum atomic E-state index is 12.2. The van der Waals surface area contributed by atoms with Crippen LogP contribution in [0.4, 0.5) is 0 Å². The zero-order valence-corrected chi connectivity index (χ0v) is 12.4. The van der Waals surface area contributed by atoms with Crippen molar-refractivity contribution in [3.05, 3.63) is 37.8 Å². The van der Waals surface area contributed by atoms with E-state index in [0.29, 0.717) is 11.4 Å². The number of halogens is 1. The topological polar surface area (TPSA) is 34.9 Å². The second-order valence-corrected chi connectivity index (χ2v) is 6.05. The van der Waals surface area contributed by atoms with Gasteiger partial charge in [-0.3, -0.25) is 9.48 Å². The lowest BCUT2D eigenvalue weighted by atomic mass is 10.1. The molecule has 2 heterocycles. The Morgan fingerprint density at radius 1 is 1.44 bits per heavy atom. The molecule has 2 rings (SSSR count). The molecule has 0 saturated heterocycles. The van der Waals surface area contributed by atoms with Crippen molar-refractivity contribution >= 4 is 28.7 Å². The molecular formula is C13H15ClN2OS. The van der Waals surface area contributed by atoms with Crippen molar-refractivity contribution in [2.75, 3.05) is 0 Å². The van der Waals surface area contributed by atoms with Crippen molar-refractivity contribution in [1.29, 1.82) is 0 Å². The summed E-state index contributed by atoms with van der Waals surface area (Å²) in [5.74, 6) is 0.0982. The number of nitrogens with zero attached hydrogens (tertiary/aromatic N) is 2. The van der Waals surface area contributed by atoms with Crippen LogP contribution < -0.4 is 0 Å². The lowest BCUT2D eigenvalue weighted by Gasteiger charge is -2.00. The van der Waals surface area contributed by atoms with Crippen LogP contribution in [0.15, 0.2) is 6.07 Å². The SMILES string of the molecule is Cc1cc(C(=O)Cc2c(Cl)c(C)nn2C)sc1C. The summed E-state index contributed by atoms with van der Waals surface area (Å²) in [6.45, 7) is 5.89. The van der Waals surface area contributed by atoms with E-state index in [-0.39, 0.29) is 5.78 Å². The second kappa shape index (κ2) is 4.86. The van der Waals surface area contributed by atoms with Crippen molar-refractivity contribution in [1.82, 2.24) is 9.78 Å². The van der Waals surface area contributed by atoms with Crippen molar-refractivity contribution in [3.8, 4) is 0 Å². The molecule has 0 fully saturated rings. The van der Waals surface area contributed by atoms with E-state index in [0.717, 1.165) is 21.8 Å². The largest absolute Gasteiger partial charge is 0.293 e. The Labute approximate surface area is 115 Å². The minimum Gasteiger partial charge on any atom is -0.293 e. The van der Waals surface area contributed by atoms with Gasteiger partial charge < -0.3 is 0 Å². The average molecular weight is 283 g/mol. The van der Waals surface area contributed by atoms with Crippen molar-refractivity contribution < 1.29 is 4.79 Å². The molecule has 18 heavy (non-hydrogen) atoms. The molecule has 0 saturated carbocycles. The van der Waals surface area contributed by atoms with E-state index in [9.17, 15) is 4.79 Å². The summed E-state index contributed by atoms with van der Waals surface area (Å²) in [4.78, 5) is 14.2. The van der Waals surface area contributed by atoms with Crippen LogP contribution in [0.3, 0.4) is 0 Å². The van der Waals surface area contributed by atoms with Crippen LogP contribution in [0.1, 0.15) is 31.5 Å². The molecule has 0 unspecified atom stereocenters. The molecule has 5 heteroatoms. The smallest absolute Gasteiger partial charge is 0.178 e. The summed E-state index contributed by atoms with van der Waals surface area (Å²) in [6.07, 6.45) is 0.301. The predicted molar refractivity (Wildman–Crippen MR) is 74.8 cm³/mol. The third kappa shape index (κ3) is 2.35. The molecule has 0 atom stereocenters. The van der Waals surface area contributed by atoms with E-state index in [1.807, 2.05) is 33.9 Å². The van der Waals surface area contributed by atoms with Gasteiger partial charge in [0.05, 0.1) is 27.7 Å². The Bertz CT molecular complexity index is 593. The maximum Gasteiger partial charge on any atom is 0.178 e. The van der Waals surface area contributed by atoms with Gasteiger partial charge in [-0.2, -0.15) is 5.10 Å². The monoisotopic (exact) mass is 282 g/mol. The van der Waals surface area contributed by atoms with Crippen LogP contribution in [0.5, 0.6) is 0 Å². The Morgan fingerprint density at radius 3 is 2.56 bits per heavy atom. The summed E-state index contributed by atoms with van der Waals surface area (Å²) >= 11 is 7.69. The fourth-order valence-electron chi connectivity index (χ4n) is 1.82. The van der Waals surface area contributed by atoms with E-state index in [4.69, 9.17) is 11.6 Å². The minimum absolute atomic E-state index is 0.0982. The van der Waals surface area contributed by atoms with E-state index >= 15 is 0 Å². The van der Waals surface area contributed by atoms with Crippen LogP contribution in [-0.4, -0.2) is 15.6 Å². The average Bonchev–Trinajstić information content (AvgIpc) is 2.75. The number of hydrogen-bond donors (Lipinski definition) is 0. The van der Waals surface area contributed by atoms with Gasteiger partial charge in [0.15, 0.2) is 5.78 Å². The van der Waals surface area contributed by atoms with E-state index in [2.05, 4.69) is 5.10 Å². The van der Waals surface area contributed by atoms with Gasteiger partial charge in [-0.15, -0.1) is 11.3 Å². The van der Waals surface area contributed by atoms with Gasteiger partial charge >= 0.3 is 0 Å². The number of rotatable bonds is 3. The number of aryl methyl sites for hydroxylation is 4. The fourth-order valence-corrected chi connectivity index (χ4v) is 3.02. The number of thiophene rings is 1. The number of carbonyl (C=O) groups is 1. The quantitative estimate of drug-likeness (QED) is 0.808. The van der Waals surface area contributed by atoms with Gasteiger partial charge in [-0.1, -0.05) is 11.6 Å². The first kappa shape index (κ1) is 13.3. The number of carbonyl (C=O) groups excluding carboxylic acids is 1. The minimum atomic E-state index is 0.0982. The van der Waals surface area contributed by atoms with Gasteiger partial charge in [0.2, 0.25) is 0 Å². The molecule has 2 aromatic rings. The van der Waals surface area contributed by atoms with Gasteiger partial charge in [0.25, 0.3) is 0 Å². The third-order valence-corrected chi connectivity index (χ3v) is 4.72. The molecule has 2 aromatic heterocycles. The van der Waals surface area contributed by atoms with Crippen LogP contribution in [-0.2, 0) is 13.5 Å². The van der Waals surface area contributed by atoms with Crippen LogP contribution in [0.25, 0.3) is 0 Å². The third-order valence-electron chi connectivity index (χ3n) is 3.03. The van der Waals surface area contributed by atoms with E-state index in [1.165, 1.54) is 16.2 Å². The van der Waals surface area contributed by atoms with Crippen LogP contribution in [0.2, 0.25) is 5.02 Å². The first-order valence-electron chi connectivity index (χ1n) is 5.68. The number of ketones is 1. The molecule has 0 aromatic carbocycles. The standard InChI is InChI=1S/C13H15ClN2OS/c1-7-5-12(18-9(7)3)11(17)6-10-13(14)8(2)15-16(10)4/h5H,6H2,1-4H3. The van der Waals surface area contributed by atoms with Gasteiger partial charge in [0.1, 0.15) is 0 Å². The first-order chi connectivity index (χ1) is 8.40. The van der Waals surface area contributed by atoms with Crippen molar-refractivity contribution in [2.24, 2.45) is 7.05 Å². The first-order valence-corrected chi connectivity index (χ1v) is 6.87. The molecule has 0 amide bonds. The Balaban J connectivity index is 2.26. The highest BCUT2D eigenvalue weighted by atomic mass is 35.5. The van der Waals surface area contributed by atoms with Crippen molar-refractivity contribution in [3.63, 3.8) is 0 Å². The molecule has 0 aliphatic heterocycles. The molecule has 96 valence electrons. The van der Waals surface area contributed by atoms with E-state index in [1.54, 1.807) is 4.68 Å². The Hall–Kier alpha value is -1.13. The maximum absolute atomic E-state index is 12.2. The number of Topliss-reactive ketones (excluding diaryl/α,β-unsaturated/α-hetero) is 1. The summed E-state index contributed by atoms with van der Waals surface area (Å²) in [5.41, 5.74) is 2.71. The molecule has 0 bridgehead atoms. The van der Waals surface area contributed by atoms with Gasteiger partial charge in [-0.25, -0.2) is 0 Å². The normalized spacial score (nSPS) is 10.9. The summed E-state index contributed by atoms with van der Waals surface area (Å²) in [5, 5.41) is 4.81. The zero-order chi connectivity index (χ0) is 13.4. The fraction of sp³-hybridized carbons (Fsp3) is 0.385.